The first-order valence-corrected chi connectivity index (χ1v) is 7.74. The van der Waals surface area contributed by atoms with Crippen LogP contribution in [0.3, 0.4) is 0 Å². The second-order valence-electron chi connectivity index (χ2n) is 4.84. The average Bonchev–Trinajstić information content (AvgIpc) is 2.55. The standard InChI is InChI=1S/C17H17BrFNO3/c1-22-13-6-7-15(18)14(9-13)17(21)20-10-16(23-2)11-4-3-5-12(19)8-11/h3-9,16H,10H2,1-2H3,(H,20,21). The predicted octanol–water partition coefficient (Wildman–Crippen LogP) is 3.71. The number of methoxy groups -OCH3 is 2. The summed E-state index contributed by atoms with van der Waals surface area (Å²) in [6.45, 7) is 0.225. The smallest absolute Gasteiger partial charge is 0.252 e. The van der Waals surface area contributed by atoms with E-state index in [0.717, 1.165) is 0 Å². The highest BCUT2D eigenvalue weighted by Gasteiger charge is 2.16. The van der Waals surface area contributed by atoms with Crippen LogP contribution in [-0.4, -0.2) is 26.7 Å². The largest absolute Gasteiger partial charge is 0.497 e. The van der Waals surface area contributed by atoms with Gasteiger partial charge in [-0.2, -0.15) is 0 Å². The van der Waals surface area contributed by atoms with Crippen LogP contribution in [0, 0.1) is 5.82 Å². The van der Waals surface area contributed by atoms with Crippen molar-refractivity contribution in [1.82, 2.24) is 5.32 Å². The van der Waals surface area contributed by atoms with Gasteiger partial charge in [-0.05, 0) is 51.8 Å². The first kappa shape index (κ1) is 17.4. The molecule has 0 spiro atoms. The summed E-state index contributed by atoms with van der Waals surface area (Å²) in [6.07, 6.45) is -0.431. The molecule has 0 aromatic heterocycles. The maximum Gasteiger partial charge on any atom is 0.252 e. The zero-order valence-corrected chi connectivity index (χ0v) is 14.4. The SMILES string of the molecule is COc1ccc(Br)c(C(=O)NCC(OC)c2cccc(F)c2)c1. The van der Waals surface area contributed by atoms with Gasteiger partial charge < -0.3 is 14.8 Å². The summed E-state index contributed by atoms with van der Waals surface area (Å²) < 4.78 is 24.4. The molecule has 6 heteroatoms. The lowest BCUT2D eigenvalue weighted by Gasteiger charge is -2.17. The van der Waals surface area contributed by atoms with Gasteiger partial charge in [0.1, 0.15) is 11.6 Å². The molecule has 1 N–H and O–H groups in total. The Hall–Kier alpha value is -1.92. The Kier molecular flexibility index (Phi) is 6.12. The molecule has 0 aliphatic rings. The second kappa shape index (κ2) is 8.08. The fraction of sp³-hybridized carbons (Fsp3) is 0.235. The fourth-order valence-electron chi connectivity index (χ4n) is 2.13. The lowest BCUT2D eigenvalue weighted by Crippen LogP contribution is -2.29. The summed E-state index contributed by atoms with van der Waals surface area (Å²) in [7, 11) is 3.05. The molecular formula is C17H17BrFNO3. The van der Waals surface area contributed by atoms with Crippen LogP contribution in [0.25, 0.3) is 0 Å². The van der Waals surface area contributed by atoms with E-state index in [-0.39, 0.29) is 18.3 Å². The van der Waals surface area contributed by atoms with Crippen molar-refractivity contribution in [3.8, 4) is 5.75 Å². The molecule has 0 heterocycles. The van der Waals surface area contributed by atoms with E-state index in [1.807, 2.05) is 0 Å². The number of benzene rings is 2. The second-order valence-corrected chi connectivity index (χ2v) is 5.69. The van der Waals surface area contributed by atoms with E-state index >= 15 is 0 Å². The summed E-state index contributed by atoms with van der Waals surface area (Å²) in [5.74, 6) is -0.0209. The zero-order valence-electron chi connectivity index (χ0n) is 12.8. The lowest BCUT2D eigenvalue weighted by atomic mass is 10.1. The van der Waals surface area contributed by atoms with Gasteiger partial charge >= 0.3 is 0 Å². The van der Waals surface area contributed by atoms with Crippen LogP contribution in [0.4, 0.5) is 4.39 Å². The van der Waals surface area contributed by atoms with Gasteiger partial charge in [0.2, 0.25) is 0 Å². The molecular weight excluding hydrogens is 365 g/mol. The van der Waals surface area contributed by atoms with Crippen molar-refractivity contribution in [2.75, 3.05) is 20.8 Å². The maximum atomic E-state index is 13.3. The number of carbonyl (C=O) groups is 1. The summed E-state index contributed by atoms with van der Waals surface area (Å²) in [6, 6.07) is 11.3. The molecule has 0 aliphatic carbocycles. The molecule has 0 saturated carbocycles. The molecule has 2 aromatic carbocycles. The van der Waals surface area contributed by atoms with Gasteiger partial charge in [-0.15, -0.1) is 0 Å². The van der Waals surface area contributed by atoms with E-state index in [4.69, 9.17) is 9.47 Å². The summed E-state index contributed by atoms with van der Waals surface area (Å²) >= 11 is 3.34. The van der Waals surface area contributed by atoms with Crippen LogP contribution in [0.15, 0.2) is 46.9 Å². The Morgan fingerprint density at radius 3 is 2.70 bits per heavy atom. The Morgan fingerprint density at radius 2 is 2.04 bits per heavy atom. The number of ether oxygens (including phenoxy) is 2. The van der Waals surface area contributed by atoms with Crippen molar-refractivity contribution in [2.45, 2.75) is 6.10 Å². The summed E-state index contributed by atoms with van der Waals surface area (Å²) in [5, 5.41) is 2.79. The molecule has 2 aromatic rings. The Morgan fingerprint density at radius 1 is 1.26 bits per heavy atom. The summed E-state index contributed by atoms with van der Waals surface area (Å²) in [5.41, 5.74) is 1.12. The van der Waals surface area contributed by atoms with Crippen molar-refractivity contribution >= 4 is 21.8 Å². The molecule has 1 atom stereocenters. The van der Waals surface area contributed by atoms with Gasteiger partial charge in [-0.1, -0.05) is 12.1 Å². The van der Waals surface area contributed by atoms with Crippen molar-refractivity contribution in [3.63, 3.8) is 0 Å². The van der Waals surface area contributed by atoms with Crippen LogP contribution in [0.1, 0.15) is 22.0 Å². The van der Waals surface area contributed by atoms with Crippen LogP contribution >= 0.6 is 15.9 Å². The number of nitrogens with one attached hydrogen (secondary N) is 1. The van der Waals surface area contributed by atoms with Gasteiger partial charge in [0.15, 0.2) is 0 Å². The van der Waals surface area contributed by atoms with Crippen LogP contribution in [-0.2, 0) is 4.74 Å². The number of carbonyl (C=O) groups excluding carboxylic acids is 1. The third-order valence-electron chi connectivity index (χ3n) is 3.37. The highest BCUT2D eigenvalue weighted by Crippen LogP contribution is 2.23. The lowest BCUT2D eigenvalue weighted by molar-refractivity contribution is 0.0826. The topological polar surface area (TPSA) is 47.6 Å². The quantitative estimate of drug-likeness (QED) is 0.829. The zero-order chi connectivity index (χ0) is 16.8. The van der Waals surface area contributed by atoms with Crippen molar-refractivity contribution in [2.24, 2.45) is 0 Å². The molecule has 0 saturated heterocycles. The van der Waals surface area contributed by atoms with Crippen LogP contribution < -0.4 is 10.1 Å². The molecule has 0 fully saturated rings. The Balaban J connectivity index is 2.08. The van der Waals surface area contributed by atoms with E-state index in [9.17, 15) is 9.18 Å². The third kappa shape index (κ3) is 4.53. The van der Waals surface area contributed by atoms with Gasteiger partial charge in [-0.25, -0.2) is 4.39 Å². The third-order valence-corrected chi connectivity index (χ3v) is 4.06. The average molecular weight is 382 g/mol. The normalized spacial score (nSPS) is 11.8. The fourth-order valence-corrected chi connectivity index (χ4v) is 2.56. The number of halogens is 2. The van der Waals surface area contributed by atoms with Crippen molar-refractivity contribution < 1.29 is 18.7 Å². The van der Waals surface area contributed by atoms with Crippen LogP contribution in [0.5, 0.6) is 5.75 Å². The molecule has 0 bridgehead atoms. The van der Waals surface area contributed by atoms with E-state index in [1.54, 1.807) is 30.3 Å². The van der Waals surface area contributed by atoms with E-state index in [1.165, 1.54) is 26.4 Å². The number of rotatable bonds is 6. The molecule has 2 rings (SSSR count). The highest BCUT2D eigenvalue weighted by molar-refractivity contribution is 9.10. The first-order valence-electron chi connectivity index (χ1n) is 6.95. The van der Waals surface area contributed by atoms with Gasteiger partial charge in [0, 0.05) is 18.1 Å². The van der Waals surface area contributed by atoms with Gasteiger partial charge in [-0.3, -0.25) is 4.79 Å². The van der Waals surface area contributed by atoms with Gasteiger partial charge in [0.05, 0.1) is 18.8 Å². The van der Waals surface area contributed by atoms with E-state index in [0.29, 0.717) is 21.3 Å². The molecule has 1 amide bonds. The van der Waals surface area contributed by atoms with E-state index < -0.39 is 6.10 Å². The molecule has 122 valence electrons. The molecule has 1 unspecified atom stereocenters. The molecule has 0 radical (unpaired) electrons. The van der Waals surface area contributed by atoms with Crippen molar-refractivity contribution in [3.05, 3.63) is 63.9 Å². The number of hydrogen-bond donors (Lipinski definition) is 1. The maximum absolute atomic E-state index is 13.3. The Labute approximate surface area is 142 Å². The minimum absolute atomic E-state index is 0.225. The Bertz CT molecular complexity index is 693. The highest BCUT2D eigenvalue weighted by atomic mass is 79.9. The first-order chi connectivity index (χ1) is 11.0. The number of amides is 1. The monoisotopic (exact) mass is 381 g/mol. The predicted molar refractivity (Wildman–Crippen MR) is 89.2 cm³/mol. The molecule has 23 heavy (non-hydrogen) atoms. The van der Waals surface area contributed by atoms with Crippen LogP contribution in [0.2, 0.25) is 0 Å². The summed E-state index contributed by atoms with van der Waals surface area (Å²) in [4.78, 5) is 12.3. The molecule has 4 nitrogen and oxygen atoms in total. The van der Waals surface area contributed by atoms with Gasteiger partial charge in [0.25, 0.3) is 5.91 Å². The molecule has 0 aliphatic heterocycles. The van der Waals surface area contributed by atoms with Crippen molar-refractivity contribution in [1.29, 1.82) is 0 Å². The minimum Gasteiger partial charge on any atom is -0.497 e. The number of hydrogen-bond acceptors (Lipinski definition) is 3. The minimum atomic E-state index is -0.431. The van der Waals surface area contributed by atoms with E-state index in [2.05, 4.69) is 21.2 Å².